The number of benzene rings is 1. The summed E-state index contributed by atoms with van der Waals surface area (Å²) in [6, 6.07) is 6.57. The van der Waals surface area contributed by atoms with Crippen molar-refractivity contribution in [3.05, 3.63) is 42.0 Å². The summed E-state index contributed by atoms with van der Waals surface area (Å²) in [4.78, 5) is 49.8. The van der Waals surface area contributed by atoms with E-state index in [4.69, 9.17) is 0 Å². The number of rotatable bonds is 5. The van der Waals surface area contributed by atoms with E-state index >= 15 is 0 Å². The van der Waals surface area contributed by atoms with Crippen molar-refractivity contribution in [2.45, 2.75) is 19.3 Å². The second-order valence-corrected chi connectivity index (χ2v) is 6.44. The van der Waals surface area contributed by atoms with Crippen LogP contribution in [0.1, 0.15) is 29.6 Å². The lowest BCUT2D eigenvalue weighted by Crippen LogP contribution is -2.34. The fourth-order valence-corrected chi connectivity index (χ4v) is 3.41. The van der Waals surface area contributed by atoms with Gasteiger partial charge in [-0.3, -0.25) is 24.1 Å². The first-order valence-electron chi connectivity index (χ1n) is 8.63. The van der Waals surface area contributed by atoms with Crippen LogP contribution in [0.3, 0.4) is 0 Å². The zero-order valence-corrected chi connectivity index (χ0v) is 14.5. The molecule has 0 bridgehead atoms. The maximum atomic E-state index is 12.4. The lowest BCUT2D eigenvalue weighted by molar-refractivity contribution is -0.140. The lowest BCUT2D eigenvalue weighted by atomic mass is 9.85. The SMILES string of the molecule is CNC(=O)c1cccc(NC(=O)CCN2C(=O)[C@@H]3CC=CC[C@H]3C2=O)c1. The quantitative estimate of drug-likeness (QED) is 0.615. The number of carbonyl (C=O) groups is 4. The van der Waals surface area contributed by atoms with Gasteiger partial charge in [-0.05, 0) is 31.0 Å². The number of imide groups is 1. The molecule has 3 rings (SSSR count). The summed E-state index contributed by atoms with van der Waals surface area (Å²) in [5, 5.41) is 5.22. The van der Waals surface area contributed by atoms with Crippen molar-refractivity contribution < 1.29 is 19.2 Å². The molecule has 2 atom stereocenters. The first-order chi connectivity index (χ1) is 12.5. The molecule has 2 aliphatic rings. The second-order valence-electron chi connectivity index (χ2n) is 6.44. The number of fused-ring (bicyclic) bond motifs is 1. The van der Waals surface area contributed by atoms with Gasteiger partial charge in [0.15, 0.2) is 0 Å². The van der Waals surface area contributed by atoms with E-state index in [0.717, 1.165) is 0 Å². The van der Waals surface area contributed by atoms with Crippen LogP contribution < -0.4 is 10.6 Å². The van der Waals surface area contributed by atoms with E-state index in [0.29, 0.717) is 24.1 Å². The Kier molecular flexibility index (Phi) is 5.16. The van der Waals surface area contributed by atoms with Crippen LogP contribution in [0, 0.1) is 11.8 Å². The largest absolute Gasteiger partial charge is 0.355 e. The number of likely N-dealkylation sites (tertiary alicyclic amines) is 1. The molecule has 0 spiro atoms. The Morgan fingerprint density at radius 3 is 2.38 bits per heavy atom. The van der Waals surface area contributed by atoms with Crippen LogP contribution in [0.4, 0.5) is 5.69 Å². The van der Waals surface area contributed by atoms with Crippen LogP contribution in [-0.2, 0) is 14.4 Å². The maximum Gasteiger partial charge on any atom is 0.251 e. The Morgan fingerprint density at radius 1 is 1.12 bits per heavy atom. The summed E-state index contributed by atoms with van der Waals surface area (Å²) in [5.74, 6) is -1.48. The van der Waals surface area contributed by atoms with Crippen LogP contribution >= 0.6 is 0 Å². The van der Waals surface area contributed by atoms with E-state index < -0.39 is 0 Å². The normalized spacial score (nSPS) is 21.5. The monoisotopic (exact) mass is 355 g/mol. The highest BCUT2D eigenvalue weighted by molar-refractivity contribution is 6.06. The molecule has 1 fully saturated rings. The number of nitrogens with one attached hydrogen (secondary N) is 2. The molecule has 1 aliphatic carbocycles. The Hall–Kier alpha value is -2.96. The van der Waals surface area contributed by atoms with Gasteiger partial charge < -0.3 is 10.6 Å². The summed E-state index contributed by atoms with van der Waals surface area (Å²) in [7, 11) is 1.53. The van der Waals surface area contributed by atoms with Crippen molar-refractivity contribution in [1.29, 1.82) is 0 Å². The molecule has 0 radical (unpaired) electrons. The average molecular weight is 355 g/mol. The van der Waals surface area contributed by atoms with Gasteiger partial charge in [0, 0.05) is 31.3 Å². The topological polar surface area (TPSA) is 95.6 Å². The van der Waals surface area contributed by atoms with Crippen molar-refractivity contribution in [2.75, 3.05) is 18.9 Å². The third kappa shape index (κ3) is 3.51. The fourth-order valence-electron chi connectivity index (χ4n) is 3.41. The summed E-state index contributed by atoms with van der Waals surface area (Å²) in [6.45, 7) is 0.0750. The van der Waals surface area contributed by atoms with Gasteiger partial charge in [0.2, 0.25) is 17.7 Å². The van der Waals surface area contributed by atoms with Crippen LogP contribution in [-0.4, -0.2) is 42.1 Å². The van der Waals surface area contributed by atoms with E-state index in [2.05, 4.69) is 10.6 Å². The van der Waals surface area contributed by atoms with Gasteiger partial charge in [0.05, 0.1) is 11.8 Å². The van der Waals surface area contributed by atoms with Crippen molar-refractivity contribution in [1.82, 2.24) is 10.2 Å². The molecule has 26 heavy (non-hydrogen) atoms. The second kappa shape index (κ2) is 7.51. The van der Waals surface area contributed by atoms with Gasteiger partial charge in [-0.1, -0.05) is 18.2 Å². The Balaban J connectivity index is 1.57. The zero-order chi connectivity index (χ0) is 18.7. The molecular formula is C19H21N3O4. The van der Waals surface area contributed by atoms with Gasteiger partial charge in [-0.2, -0.15) is 0 Å². The highest BCUT2D eigenvalue weighted by atomic mass is 16.2. The molecule has 1 aromatic carbocycles. The lowest BCUT2D eigenvalue weighted by Gasteiger charge is -2.14. The van der Waals surface area contributed by atoms with Crippen LogP contribution in [0.25, 0.3) is 0 Å². The number of allylic oxidation sites excluding steroid dienone is 2. The average Bonchev–Trinajstić information content (AvgIpc) is 2.90. The minimum Gasteiger partial charge on any atom is -0.355 e. The first kappa shape index (κ1) is 17.8. The Morgan fingerprint density at radius 2 is 1.77 bits per heavy atom. The van der Waals surface area contributed by atoms with Crippen molar-refractivity contribution in [2.24, 2.45) is 11.8 Å². The number of anilines is 1. The molecule has 1 aromatic rings. The Bertz CT molecular complexity index is 761. The van der Waals surface area contributed by atoms with Crippen molar-refractivity contribution >= 4 is 29.3 Å². The number of hydrogen-bond acceptors (Lipinski definition) is 4. The predicted octanol–water partition coefficient (Wildman–Crippen LogP) is 1.33. The summed E-state index contributed by atoms with van der Waals surface area (Å²) < 4.78 is 0. The first-order valence-corrected chi connectivity index (χ1v) is 8.63. The van der Waals surface area contributed by atoms with Crippen molar-refractivity contribution in [3.8, 4) is 0 Å². The molecule has 7 heteroatoms. The molecule has 0 unspecified atom stereocenters. The van der Waals surface area contributed by atoms with Gasteiger partial charge in [0.25, 0.3) is 5.91 Å². The molecule has 7 nitrogen and oxygen atoms in total. The highest BCUT2D eigenvalue weighted by Gasteiger charge is 2.46. The summed E-state index contributed by atoms with van der Waals surface area (Å²) in [6.07, 6.45) is 5.06. The zero-order valence-electron chi connectivity index (χ0n) is 14.5. The smallest absolute Gasteiger partial charge is 0.251 e. The van der Waals surface area contributed by atoms with Crippen LogP contribution in [0.2, 0.25) is 0 Å². The molecule has 1 aliphatic heterocycles. The predicted molar refractivity (Wildman–Crippen MR) is 95.2 cm³/mol. The standard InChI is InChI=1S/C19H21N3O4/c1-20-17(24)12-5-4-6-13(11-12)21-16(23)9-10-22-18(25)14-7-2-3-8-15(14)19(22)26/h2-6,11,14-15H,7-10H2,1H3,(H,20,24)(H,21,23)/t14-,15-/m1/s1. The van der Waals surface area contributed by atoms with Gasteiger partial charge in [0.1, 0.15) is 0 Å². The molecule has 136 valence electrons. The number of nitrogens with zero attached hydrogens (tertiary/aromatic N) is 1. The molecule has 0 saturated carbocycles. The number of amides is 4. The third-order valence-corrected chi connectivity index (χ3v) is 4.80. The minimum absolute atomic E-state index is 0.0224. The van der Waals surface area contributed by atoms with E-state index in [1.165, 1.54) is 11.9 Å². The Labute approximate surface area is 151 Å². The number of hydrogen-bond donors (Lipinski definition) is 2. The van der Waals surface area contributed by atoms with E-state index in [-0.39, 0.29) is 48.4 Å². The van der Waals surface area contributed by atoms with Crippen LogP contribution in [0.5, 0.6) is 0 Å². The molecule has 1 saturated heterocycles. The van der Waals surface area contributed by atoms with Gasteiger partial charge >= 0.3 is 0 Å². The fraction of sp³-hybridized carbons (Fsp3) is 0.368. The maximum absolute atomic E-state index is 12.4. The molecule has 1 heterocycles. The summed E-state index contributed by atoms with van der Waals surface area (Å²) in [5.41, 5.74) is 0.930. The van der Waals surface area contributed by atoms with Gasteiger partial charge in [-0.25, -0.2) is 0 Å². The highest BCUT2D eigenvalue weighted by Crippen LogP contribution is 2.35. The molecule has 0 aromatic heterocycles. The minimum atomic E-state index is -0.312. The van der Waals surface area contributed by atoms with Crippen LogP contribution in [0.15, 0.2) is 36.4 Å². The van der Waals surface area contributed by atoms with E-state index in [9.17, 15) is 19.2 Å². The van der Waals surface area contributed by atoms with Gasteiger partial charge in [-0.15, -0.1) is 0 Å². The van der Waals surface area contributed by atoms with E-state index in [1.54, 1.807) is 24.3 Å². The van der Waals surface area contributed by atoms with E-state index in [1.807, 2.05) is 12.2 Å². The third-order valence-electron chi connectivity index (χ3n) is 4.80. The summed E-state index contributed by atoms with van der Waals surface area (Å²) >= 11 is 0. The molecular weight excluding hydrogens is 334 g/mol. The van der Waals surface area contributed by atoms with Crippen molar-refractivity contribution in [3.63, 3.8) is 0 Å². The number of carbonyl (C=O) groups excluding carboxylic acids is 4. The molecule has 2 N–H and O–H groups in total. The molecule has 4 amide bonds.